The van der Waals surface area contributed by atoms with Crippen LogP contribution in [0.4, 0.5) is 5.69 Å². The summed E-state index contributed by atoms with van der Waals surface area (Å²) in [6.45, 7) is 4.69. The van der Waals surface area contributed by atoms with E-state index in [1.165, 1.54) is 0 Å². The molecule has 0 atom stereocenters. The number of ether oxygens (including phenoxy) is 2. The topological polar surface area (TPSA) is 97.5 Å². The number of carbonyl (C=O) groups is 3. The zero-order valence-corrected chi connectivity index (χ0v) is 15.4. The SMILES string of the molecule is CCOC(=O)c1[nH]c(C)c(C(=O)OCC(=O)Nc2cccc(Cl)c2)c1C. The number of esters is 2. The zero-order valence-electron chi connectivity index (χ0n) is 14.6. The van der Waals surface area contributed by atoms with Gasteiger partial charge in [0.05, 0.1) is 12.2 Å². The molecule has 0 aliphatic heterocycles. The normalized spacial score (nSPS) is 10.3. The van der Waals surface area contributed by atoms with E-state index in [1.54, 1.807) is 45.0 Å². The second-order valence-electron chi connectivity index (χ2n) is 5.48. The van der Waals surface area contributed by atoms with Gasteiger partial charge in [0.1, 0.15) is 5.69 Å². The Labute approximate surface area is 155 Å². The highest BCUT2D eigenvalue weighted by atomic mass is 35.5. The number of aromatic nitrogens is 1. The van der Waals surface area contributed by atoms with Crippen LogP contribution in [0.5, 0.6) is 0 Å². The highest BCUT2D eigenvalue weighted by molar-refractivity contribution is 6.30. The standard InChI is InChI=1S/C18H19ClN2O5/c1-4-25-18(24)16-10(2)15(11(3)20-16)17(23)26-9-14(22)21-13-7-5-6-12(19)8-13/h5-8,20H,4,9H2,1-3H3,(H,21,22). The second-order valence-corrected chi connectivity index (χ2v) is 5.92. The van der Waals surface area contributed by atoms with Crippen molar-refractivity contribution in [1.82, 2.24) is 4.98 Å². The third-order valence-corrected chi connectivity index (χ3v) is 3.80. The molecule has 2 rings (SSSR count). The smallest absolute Gasteiger partial charge is 0.355 e. The first-order valence-corrected chi connectivity index (χ1v) is 8.30. The maximum atomic E-state index is 12.3. The molecule has 0 spiro atoms. The summed E-state index contributed by atoms with van der Waals surface area (Å²) >= 11 is 5.84. The summed E-state index contributed by atoms with van der Waals surface area (Å²) in [5, 5.41) is 3.05. The van der Waals surface area contributed by atoms with Crippen molar-refractivity contribution in [3.05, 3.63) is 51.8 Å². The summed E-state index contributed by atoms with van der Waals surface area (Å²) in [7, 11) is 0. The van der Waals surface area contributed by atoms with Crippen molar-refractivity contribution in [3.8, 4) is 0 Å². The predicted molar refractivity (Wildman–Crippen MR) is 96.6 cm³/mol. The Balaban J connectivity index is 2.01. The molecular formula is C18H19ClN2O5. The van der Waals surface area contributed by atoms with Crippen molar-refractivity contribution in [2.45, 2.75) is 20.8 Å². The fraction of sp³-hybridized carbons (Fsp3) is 0.278. The van der Waals surface area contributed by atoms with Gasteiger partial charge in [0.15, 0.2) is 6.61 Å². The van der Waals surface area contributed by atoms with Crippen molar-refractivity contribution in [2.24, 2.45) is 0 Å². The number of H-pyrrole nitrogens is 1. The maximum absolute atomic E-state index is 12.3. The molecule has 0 aliphatic carbocycles. The number of anilines is 1. The zero-order chi connectivity index (χ0) is 19.3. The molecule has 0 saturated heterocycles. The van der Waals surface area contributed by atoms with E-state index in [-0.39, 0.29) is 17.9 Å². The van der Waals surface area contributed by atoms with Crippen LogP contribution in [0.15, 0.2) is 24.3 Å². The van der Waals surface area contributed by atoms with Crippen LogP contribution >= 0.6 is 11.6 Å². The quantitative estimate of drug-likeness (QED) is 0.752. The summed E-state index contributed by atoms with van der Waals surface area (Å²) in [5.74, 6) is -1.75. The highest BCUT2D eigenvalue weighted by Gasteiger charge is 2.24. The minimum atomic E-state index is -0.701. The lowest BCUT2D eigenvalue weighted by atomic mass is 10.1. The summed E-state index contributed by atoms with van der Waals surface area (Å²) in [6.07, 6.45) is 0. The number of aromatic amines is 1. The molecule has 0 aliphatic rings. The van der Waals surface area contributed by atoms with Crippen molar-refractivity contribution in [2.75, 3.05) is 18.5 Å². The minimum Gasteiger partial charge on any atom is -0.461 e. The molecule has 138 valence electrons. The molecule has 0 unspecified atom stereocenters. The van der Waals surface area contributed by atoms with Crippen LogP contribution in [-0.2, 0) is 14.3 Å². The van der Waals surface area contributed by atoms with Gasteiger partial charge in [-0.2, -0.15) is 0 Å². The number of rotatable bonds is 6. The molecule has 1 amide bonds. The Morgan fingerprint density at radius 2 is 1.88 bits per heavy atom. The van der Waals surface area contributed by atoms with Gasteiger partial charge in [-0.3, -0.25) is 4.79 Å². The number of aryl methyl sites for hydroxylation is 1. The van der Waals surface area contributed by atoms with Gasteiger partial charge in [-0.15, -0.1) is 0 Å². The van der Waals surface area contributed by atoms with E-state index in [9.17, 15) is 14.4 Å². The fourth-order valence-corrected chi connectivity index (χ4v) is 2.62. The molecule has 0 radical (unpaired) electrons. The molecule has 2 N–H and O–H groups in total. The lowest BCUT2D eigenvalue weighted by Crippen LogP contribution is -2.21. The third-order valence-electron chi connectivity index (χ3n) is 3.56. The van der Waals surface area contributed by atoms with E-state index in [2.05, 4.69) is 10.3 Å². The number of nitrogens with one attached hydrogen (secondary N) is 2. The third kappa shape index (κ3) is 4.64. The Hall–Kier alpha value is -2.80. The van der Waals surface area contributed by atoms with Crippen LogP contribution in [0.1, 0.15) is 39.0 Å². The van der Waals surface area contributed by atoms with Gasteiger partial charge in [0.2, 0.25) is 0 Å². The van der Waals surface area contributed by atoms with Crippen LogP contribution < -0.4 is 5.32 Å². The van der Waals surface area contributed by atoms with Gasteiger partial charge in [0, 0.05) is 16.4 Å². The number of halogens is 1. The van der Waals surface area contributed by atoms with E-state index in [0.29, 0.717) is 22.0 Å². The van der Waals surface area contributed by atoms with Gasteiger partial charge in [-0.05, 0) is 44.5 Å². The molecule has 8 heteroatoms. The summed E-state index contributed by atoms with van der Waals surface area (Å²) in [6, 6.07) is 6.61. The Morgan fingerprint density at radius 3 is 2.54 bits per heavy atom. The van der Waals surface area contributed by atoms with Crippen LogP contribution in [0, 0.1) is 13.8 Å². The molecule has 1 aromatic carbocycles. The number of benzene rings is 1. The number of hydrogen-bond donors (Lipinski definition) is 2. The summed E-state index contributed by atoms with van der Waals surface area (Å²) in [4.78, 5) is 38.9. The van der Waals surface area contributed by atoms with E-state index < -0.39 is 24.5 Å². The van der Waals surface area contributed by atoms with Gasteiger partial charge in [0.25, 0.3) is 5.91 Å². The fourth-order valence-electron chi connectivity index (χ4n) is 2.43. The lowest BCUT2D eigenvalue weighted by Gasteiger charge is -2.07. The van der Waals surface area contributed by atoms with E-state index in [1.807, 2.05) is 0 Å². The number of amides is 1. The molecule has 0 saturated carbocycles. The Morgan fingerprint density at radius 1 is 1.15 bits per heavy atom. The largest absolute Gasteiger partial charge is 0.461 e. The van der Waals surface area contributed by atoms with Crippen molar-refractivity contribution >= 4 is 35.1 Å². The first-order chi connectivity index (χ1) is 12.3. The van der Waals surface area contributed by atoms with Crippen molar-refractivity contribution < 1.29 is 23.9 Å². The summed E-state index contributed by atoms with van der Waals surface area (Å²) < 4.78 is 9.98. The predicted octanol–water partition coefficient (Wildman–Crippen LogP) is 3.26. The molecular weight excluding hydrogens is 360 g/mol. The lowest BCUT2D eigenvalue weighted by molar-refractivity contribution is -0.119. The maximum Gasteiger partial charge on any atom is 0.355 e. The van der Waals surface area contributed by atoms with Crippen molar-refractivity contribution in [3.63, 3.8) is 0 Å². The number of hydrogen-bond acceptors (Lipinski definition) is 5. The van der Waals surface area contributed by atoms with Gasteiger partial charge < -0.3 is 19.8 Å². The minimum absolute atomic E-state index is 0.194. The van der Waals surface area contributed by atoms with Crippen LogP contribution in [0.2, 0.25) is 5.02 Å². The summed E-state index contributed by atoms with van der Waals surface area (Å²) in [5.41, 5.74) is 1.78. The van der Waals surface area contributed by atoms with E-state index >= 15 is 0 Å². The van der Waals surface area contributed by atoms with Crippen LogP contribution in [0.25, 0.3) is 0 Å². The molecule has 26 heavy (non-hydrogen) atoms. The van der Waals surface area contributed by atoms with Gasteiger partial charge in [-0.1, -0.05) is 17.7 Å². The highest BCUT2D eigenvalue weighted by Crippen LogP contribution is 2.20. The first-order valence-electron chi connectivity index (χ1n) is 7.92. The average Bonchev–Trinajstić information content (AvgIpc) is 2.87. The van der Waals surface area contributed by atoms with Crippen LogP contribution in [-0.4, -0.2) is 36.0 Å². The van der Waals surface area contributed by atoms with Gasteiger partial charge in [-0.25, -0.2) is 9.59 Å². The molecule has 1 aromatic heterocycles. The molecule has 2 aromatic rings. The monoisotopic (exact) mass is 378 g/mol. The van der Waals surface area contributed by atoms with E-state index in [0.717, 1.165) is 0 Å². The average molecular weight is 379 g/mol. The Kier molecular flexibility index (Phi) is 6.41. The van der Waals surface area contributed by atoms with E-state index in [4.69, 9.17) is 21.1 Å². The molecule has 0 bridgehead atoms. The molecule has 0 fully saturated rings. The van der Waals surface area contributed by atoms with Crippen LogP contribution in [0.3, 0.4) is 0 Å². The first kappa shape index (κ1) is 19.5. The second kappa shape index (κ2) is 8.53. The molecule has 7 nitrogen and oxygen atoms in total. The Bertz CT molecular complexity index is 844. The number of carbonyl (C=O) groups excluding carboxylic acids is 3. The van der Waals surface area contributed by atoms with Gasteiger partial charge >= 0.3 is 11.9 Å². The molecule has 1 heterocycles. The van der Waals surface area contributed by atoms with Crippen molar-refractivity contribution in [1.29, 1.82) is 0 Å².